The van der Waals surface area contributed by atoms with Gasteiger partial charge in [-0.25, -0.2) is 9.24 Å². The number of aldehydes is 1. The summed E-state index contributed by atoms with van der Waals surface area (Å²) < 4.78 is 24.6. The van der Waals surface area contributed by atoms with E-state index in [2.05, 4.69) is 0 Å². The SMILES string of the molecule is CCOP(=O)(OCC)N(CC)CC(C)(C)C=O. The zero-order chi connectivity index (χ0) is 13.5. The van der Waals surface area contributed by atoms with Crippen molar-refractivity contribution in [1.29, 1.82) is 0 Å². The van der Waals surface area contributed by atoms with Crippen LogP contribution in [0.3, 0.4) is 0 Å². The van der Waals surface area contributed by atoms with Crippen LogP contribution in [0.2, 0.25) is 0 Å². The fourth-order valence-electron chi connectivity index (χ4n) is 1.41. The highest BCUT2D eigenvalue weighted by Crippen LogP contribution is 2.52. The highest BCUT2D eigenvalue weighted by atomic mass is 31.2. The van der Waals surface area contributed by atoms with Crippen molar-refractivity contribution in [3.8, 4) is 0 Å². The molecule has 6 heteroatoms. The fourth-order valence-corrected chi connectivity index (χ4v) is 3.34. The van der Waals surface area contributed by atoms with E-state index in [0.29, 0.717) is 26.3 Å². The largest absolute Gasteiger partial charge is 0.408 e. The Hall–Kier alpha value is -0.220. The lowest BCUT2D eigenvalue weighted by atomic mass is 9.96. The molecule has 0 unspecified atom stereocenters. The second-order valence-corrected chi connectivity index (χ2v) is 6.41. The van der Waals surface area contributed by atoms with E-state index < -0.39 is 13.2 Å². The molecule has 0 aromatic heterocycles. The van der Waals surface area contributed by atoms with E-state index in [1.165, 1.54) is 0 Å². The van der Waals surface area contributed by atoms with Crippen molar-refractivity contribution in [3.05, 3.63) is 0 Å². The third-order valence-electron chi connectivity index (χ3n) is 2.20. The quantitative estimate of drug-likeness (QED) is 0.474. The first kappa shape index (κ1) is 16.8. The van der Waals surface area contributed by atoms with E-state index in [9.17, 15) is 9.36 Å². The Bertz CT molecular complexity index is 271. The first-order valence-corrected chi connectivity index (χ1v) is 7.45. The number of rotatable bonds is 9. The van der Waals surface area contributed by atoms with Gasteiger partial charge in [0.15, 0.2) is 0 Å². The van der Waals surface area contributed by atoms with E-state index >= 15 is 0 Å². The standard InChI is InChI=1S/C11H24NO4P/c1-6-12(9-11(4,5)10-13)17(14,15-7-2)16-8-3/h10H,6-9H2,1-5H3. The van der Waals surface area contributed by atoms with Gasteiger partial charge in [-0.1, -0.05) is 20.8 Å². The van der Waals surface area contributed by atoms with E-state index in [1.807, 2.05) is 6.92 Å². The number of carbonyl (C=O) groups is 1. The van der Waals surface area contributed by atoms with Gasteiger partial charge in [0.1, 0.15) is 6.29 Å². The average molecular weight is 265 g/mol. The molecule has 0 amide bonds. The minimum Gasteiger partial charge on any atom is -0.303 e. The van der Waals surface area contributed by atoms with Gasteiger partial charge in [0, 0.05) is 18.5 Å². The van der Waals surface area contributed by atoms with Crippen molar-refractivity contribution in [1.82, 2.24) is 4.67 Å². The van der Waals surface area contributed by atoms with Crippen LogP contribution in [0.5, 0.6) is 0 Å². The molecule has 0 aliphatic rings. The summed E-state index contributed by atoms with van der Waals surface area (Å²) in [4.78, 5) is 10.9. The maximum Gasteiger partial charge on any atom is 0.408 e. The normalized spacial score (nSPS) is 13.1. The molecular weight excluding hydrogens is 241 g/mol. The van der Waals surface area contributed by atoms with Crippen molar-refractivity contribution >= 4 is 14.0 Å². The van der Waals surface area contributed by atoms with Gasteiger partial charge >= 0.3 is 7.75 Å². The van der Waals surface area contributed by atoms with Crippen molar-refractivity contribution < 1.29 is 18.4 Å². The van der Waals surface area contributed by atoms with Gasteiger partial charge in [0.05, 0.1) is 13.2 Å². The van der Waals surface area contributed by atoms with Crippen LogP contribution in [0.25, 0.3) is 0 Å². The topological polar surface area (TPSA) is 55.8 Å². The third kappa shape index (κ3) is 5.30. The van der Waals surface area contributed by atoms with Crippen LogP contribution in [-0.4, -0.2) is 37.3 Å². The maximum atomic E-state index is 12.5. The molecule has 0 rings (SSSR count). The summed E-state index contributed by atoms with van der Waals surface area (Å²) in [5, 5.41) is 0. The molecular formula is C11H24NO4P. The van der Waals surface area contributed by atoms with Gasteiger partial charge in [0.2, 0.25) is 0 Å². The van der Waals surface area contributed by atoms with Crippen LogP contribution >= 0.6 is 7.75 Å². The zero-order valence-corrected chi connectivity index (χ0v) is 12.3. The summed E-state index contributed by atoms with van der Waals surface area (Å²) in [6, 6.07) is 0. The fraction of sp³-hybridized carbons (Fsp3) is 0.909. The highest BCUT2D eigenvalue weighted by Gasteiger charge is 2.35. The Morgan fingerprint density at radius 1 is 1.18 bits per heavy atom. The van der Waals surface area contributed by atoms with Gasteiger partial charge in [-0.05, 0) is 13.8 Å². The van der Waals surface area contributed by atoms with Gasteiger partial charge in [0.25, 0.3) is 0 Å². The predicted molar refractivity (Wildman–Crippen MR) is 68.0 cm³/mol. The summed E-state index contributed by atoms with van der Waals surface area (Å²) >= 11 is 0. The van der Waals surface area contributed by atoms with Crippen molar-refractivity contribution in [2.45, 2.75) is 34.6 Å². The van der Waals surface area contributed by atoms with Gasteiger partial charge in [-0.2, -0.15) is 0 Å². The molecule has 0 aliphatic heterocycles. The predicted octanol–water partition coefficient (Wildman–Crippen LogP) is 2.71. The minimum absolute atomic E-state index is 0.315. The number of hydrogen-bond donors (Lipinski definition) is 0. The van der Waals surface area contributed by atoms with Crippen molar-refractivity contribution in [2.24, 2.45) is 5.41 Å². The summed E-state index contributed by atoms with van der Waals surface area (Å²) in [5.74, 6) is 0. The van der Waals surface area contributed by atoms with E-state index in [-0.39, 0.29) is 0 Å². The third-order valence-corrected chi connectivity index (χ3v) is 4.49. The van der Waals surface area contributed by atoms with Crippen LogP contribution in [-0.2, 0) is 18.4 Å². The number of nitrogens with zero attached hydrogens (tertiary/aromatic N) is 1. The molecule has 0 N–H and O–H groups in total. The average Bonchev–Trinajstić information content (AvgIpc) is 2.26. The molecule has 0 aromatic carbocycles. The summed E-state index contributed by atoms with van der Waals surface area (Å²) in [7, 11) is -3.26. The number of carbonyl (C=O) groups excluding carboxylic acids is 1. The molecule has 0 aliphatic carbocycles. The molecule has 0 radical (unpaired) electrons. The molecule has 17 heavy (non-hydrogen) atoms. The first-order chi connectivity index (χ1) is 7.85. The Labute approximate surface area is 104 Å². The lowest BCUT2D eigenvalue weighted by Crippen LogP contribution is -2.34. The Kier molecular flexibility index (Phi) is 7.17. The molecule has 0 bridgehead atoms. The molecule has 102 valence electrons. The van der Waals surface area contributed by atoms with Crippen LogP contribution in [0.15, 0.2) is 0 Å². The van der Waals surface area contributed by atoms with Crippen molar-refractivity contribution in [3.63, 3.8) is 0 Å². The Morgan fingerprint density at radius 2 is 1.65 bits per heavy atom. The van der Waals surface area contributed by atoms with Crippen LogP contribution < -0.4 is 0 Å². The van der Waals surface area contributed by atoms with Crippen LogP contribution in [0.4, 0.5) is 0 Å². The van der Waals surface area contributed by atoms with Gasteiger partial charge in [-0.3, -0.25) is 9.05 Å². The Morgan fingerprint density at radius 3 is 1.94 bits per heavy atom. The van der Waals surface area contributed by atoms with E-state index in [4.69, 9.17) is 9.05 Å². The number of hydrogen-bond acceptors (Lipinski definition) is 4. The monoisotopic (exact) mass is 265 g/mol. The molecule has 0 fully saturated rings. The molecule has 0 aromatic rings. The first-order valence-electron chi connectivity index (χ1n) is 5.96. The van der Waals surface area contributed by atoms with E-state index in [0.717, 1.165) is 6.29 Å². The Balaban J connectivity index is 4.91. The summed E-state index contributed by atoms with van der Waals surface area (Å²) in [6.45, 7) is 10.5. The molecule has 0 spiro atoms. The van der Waals surface area contributed by atoms with E-state index in [1.54, 1.807) is 32.4 Å². The smallest absolute Gasteiger partial charge is 0.303 e. The molecule has 5 nitrogen and oxygen atoms in total. The minimum atomic E-state index is -3.26. The van der Waals surface area contributed by atoms with Gasteiger partial charge in [-0.15, -0.1) is 0 Å². The lowest BCUT2D eigenvalue weighted by Gasteiger charge is -2.32. The van der Waals surface area contributed by atoms with Crippen LogP contribution in [0, 0.1) is 5.41 Å². The maximum absolute atomic E-state index is 12.5. The second-order valence-electron chi connectivity index (χ2n) is 4.39. The molecule has 0 atom stereocenters. The molecule has 0 saturated heterocycles. The second kappa shape index (κ2) is 7.27. The van der Waals surface area contributed by atoms with Crippen molar-refractivity contribution in [2.75, 3.05) is 26.3 Å². The van der Waals surface area contributed by atoms with Gasteiger partial charge < -0.3 is 4.79 Å². The van der Waals surface area contributed by atoms with Crippen LogP contribution in [0.1, 0.15) is 34.6 Å². The molecule has 0 heterocycles. The highest BCUT2D eigenvalue weighted by molar-refractivity contribution is 7.51. The summed E-state index contributed by atoms with van der Waals surface area (Å²) in [5.41, 5.74) is -0.570. The summed E-state index contributed by atoms with van der Waals surface area (Å²) in [6.07, 6.45) is 0.859. The lowest BCUT2D eigenvalue weighted by molar-refractivity contribution is -0.115. The zero-order valence-electron chi connectivity index (χ0n) is 11.4. The molecule has 0 saturated carbocycles.